The van der Waals surface area contributed by atoms with Gasteiger partial charge >= 0.3 is 6.09 Å². The Labute approximate surface area is 188 Å². The molecule has 1 aliphatic heterocycles. The molecule has 0 bridgehead atoms. The fourth-order valence-electron chi connectivity index (χ4n) is 4.32. The highest BCUT2D eigenvalue weighted by Gasteiger charge is 2.29. The van der Waals surface area contributed by atoms with E-state index in [0.717, 1.165) is 55.7 Å². The third-order valence-electron chi connectivity index (χ3n) is 6.07. The van der Waals surface area contributed by atoms with Crippen molar-refractivity contribution >= 4 is 12.2 Å². The molecular formula is C25H28N4O3. The monoisotopic (exact) mass is 432 g/mol. The van der Waals surface area contributed by atoms with Gasteiger partial charge in [0.25, 0.3) is 0 Å². The first-order chi connectivity index (χ1) is 15.7. The summed E-state index contributed by atoms with van der Waals surface area (Å²) < 4.78 is 11.3. The van der Waals surface area contributed by atoms with Gasteiger partial charge in [-0.25, -0.2) is 14.8 Å². The van der Waals surface area contributed by atoms with Crippen LogP contribution in [0.25, 0.3) is 6.08 Å². The second kappa shape index (κ2) is 10.3. The van der Waals surface area contributed by atoms with Gasteiger partial charge in [0.05, 0.1) is 17.0 Å². The van der Waals surface area contributed by atoms with Crippen molar-refractivity contribution in [3.63, 3.8) is 0 Å². The van der Waals surface area contributed by atoms with E-state index in [-0.39, 0.29) is 12.7 Å². The summed E-state index contributed by atoms with van der Waals surface area (Å²) in [6.45, 7) is 5.25. The molecule has 0 aromatic carbocycles. The number of amides is 1. The summed E-state index contributed by atoms with van der Waals surface area (Å²) in [7, 11) is 0. The number of hydrogen-bond donors (Lipinski definition) is 0. The number of pyridine rings is 1. The van der Waals surface area contributed by atoms with Crippen molar-refractivity contribution in [2.24, 2.45) is 5.92 Å². The van der Waals surface area contributed by atoms with E-state index >= 15 is 0 Å². The third-order valence-corrected chi connectivity index (χ3v) is 6.07. The van der Waals surface area contributed by atoms with Gasteiger partial charge in [0.15, 0.2) is 12.4 Å². The molecule has 0 spiro atoms. The number of aromatic nitrogens is 3. The summed E-state index contributed by atoms with van der Waals surface area (Å²) in [4.78, 5) is 27.2. The van der Waals surface area contributed by atoms with E-state index in [0.29, 0.717) is 23.5 Å². The Morgan fingerprint density at radius 2 is 2.09 bits per heavy atom. The molecule has 1 amide bonds. The fraction of sp³-hybridized carbons (Fsp3) is 0.440. The molecule has 3 heterocycles. The van der Waals surface area contributed by atoms with Crippen LogP contribution in [0.4, 0.5) is 4.79 Å². The van der Waals surface area contributed by atoms with E-state index < -0.39 is 0 Å². The zero-order valence-corrected chi connectivity index (χ0v) is 18.6. The van der Waals surface area contributed by atoms with Gasteiger partial charge in [0, 0.05) is 25.2 Å². The van der Waals surface area contributed by atoms with E-state index in [9.17, 15) is 4.79 Å². The van der Waals surface area contributed by atoms with Crippen molar-refractivity contribution in [1.82, 2.24) is 19.9 Å². The van der Waals surface area contributed by atoms with Gasteiger partial charge in [-0.3, -0.25) is 4.98 Å². The number of likely N-dealkylation sites (tertiary alicyclic amines) is 1. The van der Waals surface area contributed by atoms with E-state index in [1.54, 1.807) is 24.3 Å². The van der Waals surface area contributed by atoms with Gasteiger partial charge in [-0.15, -0.1) is 5.92 Å². The maximum atomic E-state index is 12.1. The molecule has 1 fully saturated rings. The maximum absolute atomic E-state index is 12.1. The normalized spacial score (nSPS) is 17.8. The van der Waals surface area contributed by atoms with Crippen LogP contribution in [0, 0.1) is 24.7 Å². The minimum atomic E-state index is -0.266. The molecule has 0 saturated carbocycles. The van der Waals surface area contributed by atoms with Crippen LogP contribution >= 0.6 is 0 Å². The molecule has 1 unspecified atom stereocenters. The van der Waals surface area contributed by atoms with Crippen molar-refractivity contribution in [3.8, 4) is 23.5 Å². The number of nitrogens with zero attached hydrogens (tertiary/aromatic N) is 4. The molecule has 166 valence electrons. The summed E-state index contributed by atoms with van der Waals surface area (Å²) in [6.07, 6.45) is 11.2. The Kier molecular flexibility index (Phi) is 7.00. The van der Waals surface area contributed by atoms with Gasteiger partial charge in [0.1, 0.15) is 6.33 Å². The minimum Gasteiger partial charge on any atom is -0.436 e. The van der Waals surface area contributed by atoms with Crippen molar-refractivity contribution in [2.45, 2.75) is 45.4 Å². The SMILES string of the molecule is CC#CCOC(=O)N1CCC(CC2CC=Cc3c(Oc4cccnc4C)ncnc32)CC1. The van der Waals surface area contributed by atoms with Crippen LogP contribution in [0.1, 0.15) is 55.5 Å². The van der Waals surface area contributed by atoms with Crippen LogP contribution in [-0.4, -0.2) is 45.6 Å². The smallest absolute Gasteiger partial charge is 0.410 e. The van der Waals surface area contributed by atoms with E-state index in [4.69, 9.17) is 9.47 Å². The van der Waals surface area contributed by atoms with Gasteiger partial charge in [-0.05, 0) is 57.6 Å². The van der Waals surface area contributed by atoms with E-state index in [2.05, 4.69) is 38.9 Å². The number of allylic oxidation sites excluding steroid dienone is 1. The Bertz CT molecular complexity index is 1050. The van der Waals surface area contributed by atoms with Crippen LogP contribution in [0.15, 0.2) is 30.7 Å². The number of hydrogen-bond acceptors (Lipinski definition) is 6. The molecule has 2 aromatic heterocycles. The summed E-state index contributed by atoms with van der Waals surface area (Å²) in [5.74, 6) is 7.62. The largest absolute Gasteiger partial charge is 0.436 e. The summed E-state index contributed by atoms with van der Waals surface area (Å²) in [6, 6.07) is 3.75. The predicted molar refractivity (Wildman–Crippen MR) is 121 cm³/mol. The first-order valence-electron chi connectivity index (χ1n) is 11.1. The van der Waals surface area contributed by atoms with E-state index in [1.165, 1.54) is 0 Å². The van der Waals surface area contributed by atoms with Crippen LogP contribution in [0.5, 0.6) is 11.6 Å². The fourth-order valence-corrected chi connectivity index (χ4v) is 4.32. The second-order valence-corrected chi connectivity index (χ2v) is 8.15. The number of ether oxygens (including phenoxy) is 2. The molecule has 0 radical (unpaired) electrons. The number of piperidine rings is 1. The van der Waals surface area contributed by atoms with Crippen LogP contribution in [0.2, 0.25) is 0 Å². The number of carbonyl (C=O) groups is 1. The van der Waals surface area contributed by atoms with Crippen molar-refractivity contribution < 1.29 is 14.3 Å². The average Bonchev–Trinajstić information content (AvgIpc) is 2.82. The highest BCUT2D eigenvalue weighted by Crippen LogP contribution is 2.39. The van der Waals surface area contributed by atoms with Gasteiger partial charge < -0.3 is 14.4 Å². The lowest BCUT2D eigenvalue weighted by Crippen LogP contribution is -2.39. The molecule has 32 heavy (non-hydrogen) atoms. The Morgan fingerprint density at radius 3 is 2.88 bits per heavy atom. The number of carbonyl (C=O) groups excluding carboxylic acids is 1. The topological polar surface area (TPSA) is 77.4 Å². The number of rotatable bonds is 5. The van der Waals surface area contributed by atoms with E-state index in [1.807, 2.05) is 19.1 Å². The summed E-state index contributed by atoms with van der Waals surface area (Å²) in [5.41, 5.74) is 2.81. The molecule has 7 nitrogen and oxygen atoms in total. The quantitative estimate of drug-likeness (QED) is 0.636. The summed E-state index contributed by atoms with van der Waals surface area (Å²) >= 11 is 0. The second-order valence-electron chi connectivity index (χ2n) is 8.15. The lowest BCUT2D eigenvalue weighted by Gasteiger charge is -2.33. The molecule has 1 atom stereocenters. The number of aryl methyl sites for hydroxylation is 1. The van der Waals surface area contributed by atoms with Crippen molar-refractivity contribution in [2.75, 3.05) is 19.7 Å². The Hall–Kier alpha value is -3.40. The van der Waals surface area contributed by atoms with Gasteiger partial charge in [-0.1, -0.05) is 18.1 Å². The maximum Gasteiger partial charge on any atom is 0.410 e. The molecule has 7 heteroatoms. The molecule has 2 aliphatic rings. The molecule has 1 aliphatic carbocycles. The van der Waals surface area contributed by atoms with Gasteiger partial charge in [0.2, 0.25) is 5.88 Å². The molecular weight excluding hydrogens is 404 g/mol. The Balaban J connectivity index is 1.39. The first kappa shape index (κ1) is 21.8. The lowest BCUT2D eigenvalue weighted by molar-refractivity contribution is 0.0956. The minimum absolute atomic E-state index is 0.156. The molecule has 2 aromatic rings. The molecule has 1 saturated heterocycles. The average molecular weight is 433 g/mol. The molecule has 0 N–H and O–H groups in total. The molecule has 4 rings (SSSR count). The zero-order chi connectivity index (χ0) is 22.3. The van der Waals surface area contributed by atoms with Crippen LogP contribution in [0.3, 0.4) is 0 Å². The van der Waals surface area contributed by atoms with Crippen LogP contribution in [-0.2, 0) is 4.74 Å². The lowest BCUT2D eigenvalue weighted by atomic mass is 9.81. The standard InChI is InChI=1S/C25H28N4O3/c1-3-4-15-31-25(30)29-13-10-19(11-14-29)16-20-7-5-8-21-23(20)27-17-28-24(21)32-22-9-6-12-26-18(22)2/h5-6,8-9,12,17,19-20H,7,10-11,13-16H2,1-2H3. The predicted octanol–water partition coefficient (Wildman–Crippen LogP) is 4.73. The summed E-state index contributed by atoms with van der Waals surface area (Å²) in [5, 5.41) is 0. The highest BCUT2D eigenvalue weighted by molar-refractivity contribution is 5.68. The van der Waals surface area contributed by atoms with Crippen molar-refractivity contribution in [3.05, 3.63) is 47.7 Å². The highest BCUT2D eigenvalue weighted by atomic mass is 16.6. The zero-order valence-electron chi connectivity index (χ0n) is 18.6. The van der Waals surface area contributed by atoms with Crippen molar-refractivity contribution in [1.29, 1.82) is 0 Å². The number of fused-ring (bicyclic) bond motifs is 1. The van der Waals surface area contributed by atoms with Gasteiger partial charge in [-0.2, -0.15) is 0 Å². The first-order valence-corrected chi connectivity index (χ1v) is 11.1. The third kappa shape index (κ3) is 5.08. The Morgan fingerprint density at radius 1 is 1.25 bits per heavy atom. The van der Waals surface area contributed by atoms with Crippen LogP contribution < -0.4 is 4.74 Å².